The Morgan fingerprint density at radius 2 is 1.90 bits per heavy atom. The van der Waals surface area contributed by atoms with Crippen molar-refractivity contribution >= 4 is 5.97 Å². The van der Waals surface area contributed by atoms with Crippen molar-refractivity contribution in [3.8, 4) is 5.75 Å². The SMILES string of the molecule is COC(=O)c1ccc(=O)n(CCOc2ccccc2)c1. The van der Waals surface area contributed by atoms with Crippen LogP contribution in [0, 0.1) is 0 Å². The monoisotopic (exact) mass is 273 g/mol. The zero-order valence-electron chi connectivity index (χ0n) is 11.1. The van der Waals surface area contributed by atoms with Crippen molar-refractivity contribution in [2.75, 3.05) is 13.7 Å². The Hall–Kier alpha value is -2.56. The molecule has 0 radical (unpaired) electrons. The number of benzene rings is 1. The van der Waals surface area contributed by atoms with E-state index in [2.05, 4.69) is 4.74 Å². The van der Waals surface area contributed by atoms with E-state index in [0.717, 1.165) is 5.75 Å². The lowest BCUT2D eigenvalue weighted by molar-refractivity contribution is 0.0599. The van der Waals surface area contributed by atoms with Crippen molar-refractivity contribution in [3.63, 3.8) is 0 Å². The first-order valence-corrected chi connectivity index (χ1v) is 6.17. The number of pyridine rings is 1. The summed E-state index contributed by atoms with van der Waals surface area (Å²) in [7, 11) is 1.30. The number of aromatic nitrogens is 1. The maximum absolute atomic E-state index is 11.7. The summed E-state index contributed by atoms with van der Waals surface area (Å²) in [6, 6.07) is 12.1. The molecular formula is C15H15NO4. The van der Waals surface area contributed by atoms with Crippen LogP contribution in [-0.4, -0.2) is 24.3 Å². The fourth-order valence-corrected chi connectivity index (χ4v) is 1.72. The molecule has 1 aromatic carbocycles. The zero-order chi connectivity index (χ0) is 14.4. The molecule has 2 aromatic rings. The van der Waals surface area contributed by atoms with Gasteiger partial charge in [-0.25, -0.2) is 4.79 Å². The van der Waals surface area contributed by atoms with Gasteiger partial charge in [0.25, 0.3) is 5.56 Å². The molecule has 1 aromatic heterocycles. The van der Waals surface area contributed by atoms with Gasteiger partial charge in [-0.2, -0.15) is 0 Å². The number of methoxy groups -OCH3 is 1. The molecule has 0 aliphatic rings. The minimum atomic E-state index is -0.470. The van der Waals surface area contributed by atoms with Gasteiger partial charge in [-0.05, 0) is 18.2 Å². The third-order valence-corrected chi connectivity index (χ3v) is 2.75. The first-order valence-electron chi connectivity index (χ1n) is 6.17. The number of carbonyl (C=O) groups excluding carboxylic acids is 1. The van der Waals surface area contributed by atoms with Crippen LogP contribution in [0.15, 0.2) is 53.5 Å². The van der Waals surface area contributed by atoms with Gasteiger partial charge in [-0.1, -0.05) is 18.2 Å². The molecule has 0 saturated carbocycles. The predicted octanol–water partition coefficient (Wildman–Crippen LogP) is 1.71. The Morgan fingerprint density at radius 3 is 2.60 bits per heavy atom. The lowest BCUT2D eigenvalue weighted by Gasteiger charge is -2.09. The molecule has 0 fully saturated rings. The van der Waals surface area contributed by atoms with Crippen LogP contribution in [0.2, 0.25) is 0 Å². The van der Waals surface area contributed by atoms with Crippen molar-refractivity contribution in [3.05, 3.63) is 64.6 Å². The summed E-state index contributed by atoms with van der Waals surface area (Å²) in [6.45, 7) is 0.701. The van der Waals surface area contributed by atoms with Gasteiger partial charge in [0.15, 0.2) is 0 Å². The molecule has 1 heterocycles. The Bertz CT molecular complexity index is 634. The summed E-state index contributed by atoms with van der Waals surface area (Å²) in [5.41, 5.74) is 0.154. The Labute approximate surface area is 116 Å². The molecule has 0 unspecified atom stereocenters. The van der Waals surface area contributed by atoms with Crippen molar-refractivity contribution in [1.29, 1.82) is 0 Å². The zero-order valence-corrected chi connectivity index (χ0v) is 11.1. The Balaban J connectivity index is 2.02. The molecule has 2 rings (SSSR count). The van der Waals surface area contributed by atoms with Gasteiger partial charge >= 0.3 is 5.97 Å². The summed E-state index contributed by atoms with van der Waals surface area (Å²) >= 11 is 0. The van der Waals surface area contributed by atoms with Gasteiger partial charge in [0.1, 0.15) is 12.4 Å². The maximum Gasteiger partial charge on any atom is 0.339 e. The molecule has 0 saturated heterocycles. The molecule has 0 N–H and O–H groups in total. The number of hydrogen-bond acceptors (Lipinski definition) is 4. The second-order valence-electron chi connectivity index (χ2n) is 4.10. The smallest absolute Gasteiger partial charge is 0.339 e. The van der Waals surface area contributed by atoms with Crippen molar-refractivity contribution < 1.29 is 14.3 Å². The molecule has 0 bridgehead atoms. The molecule has 5 nitrogen and oxygen atoms in total. The third kappa shape index (κ3) is 3.47. The quantitative estimate of drug-likeness (QED) is 0.778. The molecular weight excluding hydrogens is 258 g/mol. The second kappa shape index (κ2) is 6.56. The standard InChI is InChI=1S/C15H15NO4/c1-19-15(18)12-7-8-14(17)16(11-12)9-10-20-13-5-3-2-4-6-13/h2-8,11H,9-10H2,1H3. The largest absolute Gasteiger partial charge is 0.492 e. The number of para-hydroxylation sites is 1. The molecule has 0 atom stereocenters. The number of rotatable bonds is 5. The topological polar surface area (TPSA) is 57.5 Å². The van der Waals surface area contributed by atoms with E-state index in [9.17, 15) is 9.59 Å². The lowest BCUT2D eigenvalue weighted by atomic mass is 10.3. The van der Waals surface area contributed by atoms with Gasteiger partial charge in [-0.3, -0.25) is 4.79 Å². The molecule has 0 aliphatic carbocycles. The summed E-state index contributed by atoms with van der Waals surface area (Å²) in [5, 5.41) is 0. The minimum Gasteiger partial charge on any atom is -0.492 e. The first-order chi connectivity index (χ1) is 9.70. The van der Waals surface area contributed by atoms with E-state index in [4.69, 9.17) is 4.74 Å². The van der Waals surface area contributed by atoms with Gasteiger partial charge in [0.05, 0.1) is 19.2 Å². The van der Waals surface area contributed by atoms with Crippen molar-refractivity contribution in [2.45, 2.75) is 6.54 Å². The van der Waals surface area contributed by atoms with Crippen molar-refractivity contribution in [2.24, 2.45) is 0 Å². The third-order valence-electron chi connectivity index (χ3n) is 2.75. The summed E-state index contributed by atoms with van der Waals surface area (Å²) in [4.78, 5) is 23.1. The average Bonchev–Trinajstić information content (AvgIpc) is 2.49. The van der Waals surface area contributed by atoms with Crippen LogP contribution in [0.25, 0.3) is 0 Å². The van der Waals surface area contributed by atoms with E-state index in [1.54, 1.807) is 0 Å². The maximum atomic E-state index is 11.7. The molecule has 0 amide bonds. The van der Waals surface area contributed by atoms with Gasteiger partial charge in [0, 0.05) is 12.3 Å². The number of nitrogens with zero attached hydrogens (tertiary/aromatic N) is 1. The van der Waals surface area contributed by atoms with Crippen LogP contribution in [0.3, 0.4) is 0 Å². The summed E-state index contributed by atoms with van der Waals surface area (Å²) in [5.74, 6) is 0.271. The molecule has 0 aliphatic heterocycles. The summed E-state index contributed by atoms with van der Waals surface area (Å²) in [6.07, 6.45) is 1.47. The van der Waals surface area contributed by atoms with E-state index in [1.807, 2.05) is 30.3 Å². The van der Waals surface area contributed by atoms with E-state index in [1.165, 1.54) is 30.0 Å². The number of esters is 1. The average molecular weight is 273 g/mol. The van der Waals surface area contributed by atoms with Crippen LogP contribution in [0.4, 0.5) is 0 Å². The number of hydrogen-bond donors (Lipinski definition) is 0. The second-order valence-corrected chi connectivity index (χ2v) is 4.10. The van der Waals surface area contributed by atoms with E-state index in [-0.39, 0.29) is 5.56 Å². The lowest BCUT2D eigenvalue weighted by Crippen LogP contribution is -2.23. The van der Waals surface area contributed by atoms with Crippen LogP contribution in [0.5, 0.6) is 5.75 Å². The van der Waals surface area contributed by atoms with Crippen molar-refractivity contribution in [1.82, 2.24) is 4.57 Å². The van der Waals surface area contributed by atoms with E-state index in [0.29, 0.717) is 18.7 Å². The molecule has 104 valence electrons. The predicted molar refractivity (Wildman–Crippen MR) is 74.0 cm³/mol. The summed E-state index contributed by atoms with van der Waals surface area (Å²) < 4.78 is 11.6. The minimum absolute atomic E-state index is 0.186. The number of carbonyl (C=O) groups is 1. The van der Waals surface area contributed by atoms with E-state index < -0.39 is 5.97 Å². The highest BCUT2D eigenvalue weighted by atomic mass is 16.5. The molecule has 20 heavy (non-hydrogen) atoms. The highest BCUT2D eigenvalue weighted by Crippen LogP contribution is 2.08. The fraction of sp³-hybridized carbons (Fsp3) is 0.200. The number of ether oxygens (including phenoxy) is 2. The van der Waals surface area contributed by atoms with Crippen LogP contribution in [0.1, 0.15) is 10.4 Å². The Kier molecular flexibility index (Phi) is 4.55. The first kappa shape index (κ1) is 13.9. The normalized spacial score (nSPS) is 10.1. The molecule has 0 spiro atoms. The van der Waals surface area contributed by atoms with Crippen LogP contribution < -0.4 is 10.3 Å². The highest BCUT2D eigenvalue weighted by Gasteiger charge is 2.07. The Morgan fingerprint density at radius 1 is 1.15 bits per heavy atom. The van der Waals surface area contributed by atoms with Crippen LogP contribution in [-0.2, 0) is 11.3 Å². The van der Waals surface area contributed by atoms with Crippen LogP contribution >= 0.6 is 0 Å². The fourth-order valence-electron chi connectivity index (χ4n) is 1.72. The van der Waals surface area contributed by atoms with Gasteiger partial charge in [0.2, 0.25) is 0 Å². The van der Waals surface area contributed by atoms with E-state index >= 15 is 0 Å². The van der Waals surface area contributed by atoms with Gasteiger partial charge < -0.3 is 14.0 Å². The van der Waals surface area contributed by atoms with Gasteiger partial charge in [-0.15, -0.1) is 0 Å². The molecule has 5 heteroatoms. The highest BCUT2D eigenvalue weighted by molar-refractivity contribution is 5.88.